The lowest BCUT2D eigenvalue weighted by molar-refractivity contribution is -0.0316. The van der Waals surface area contributed by atoms with E-state index in [0.717, 1.165) is 50.5 Å². The molecule has 2 aromatic carbocycles. The van der Waals surface area contributed by atoms with Crippen molar-refractivity contribution in [2.24, 2.45) is 0 Å². The SMILES string of the molecule is COc1ccc(Cc2ccc([C@H]3CN(CCc4ccccc4)CCO3)nc2)cc1. The molecule has 1 atom stereocenters. The zero-order valence-electron chi connectivity index (χ0n) is 17.0. The van der Waals surface area contributed by atoms with Crippen molar-refractivity contribution in [2.75, 3.05) is 33.4 Å². The summed E-state index contributed by atoms with van der Waals surface area (Å²) < 4.78 is 11.2. The summed E-state index contributed by atoms with van der Waals surface area (Å²) in [7, 11) is 1.69. The summed E-state index contributed by atoms with van der Waals surface area (Å²) in [4.78, 5) is 7.19. The lowest BCUT2D eigenvalue weighted by Gasteiger charge is -2.32. The smallest absolute Gasteiger partial charge is 0.118 e. The lowest BCUT2D eigenvalue weighted by atomic mass is 10.1. The van der Waals surface area contributed by atoms with Gasteiger partial charge in [-0.05, 0) is 47.7 Å². The van der Waals surface area contributed by atoms with Crippen LogP contribution in [0.2, 0.25) is 0 Å². The zero-order valence-corrected chi connectivity index (χ0v) is 17.0. The first-order valence-corrected chi connectivity index (χ1v) is 10.3. The van der Waals surface area contributed by atoms with E-state index in [4.69, 9.17) is 14.5 Å². The van der Waals surface area contributed by atoms with E-state index >= 15 is 0 Å². The maximum atomic E-state index is 6.01. The van der Waals surface area contributed by atoms with Crippen LogP contribution in [0.3, 0.4) is 0 Å². The van der Waals surface area contributed by atoms with E-state index in [1.54, 1.807) is 7.11 Å². The second kappa shape index (κ2) is 9.68. The van der Waals surface area contributed by atoms with Gasteiger partial charge in [0.15, 0.2) is 0 Å². The largest absolute Gasteiger partial charge is 0.497 e. The van der Waals surface area contributed by atoms with Crippen molar-refractivity contribution >= 4 is 0 Å². The Balaban J connectivity index is 1.32. The van der Waals surface area contributed by atoms with E-state index in [9.17, 15) is 0 Å². The first kappa shape index (κ1) is 19.6. The second-order valence-corrected chi connectivity index (χ2v) is 7.51. The number of methoxy groups -OCH3 is 1. The van der Waals surface area contributed by atoms with Gasteiger partial charge in [0.05, 0.1) is 19.4 Å². The van der Waals surface area contributed by atoms with Gasteiger partial charge < -0.3 is 9.47 Å². The highest BCUT2D eigenvalue weighted by molar-refractivity contribution is 5.31. The predicted octanol–water partition coefficient (Wildman–Crippen LogP) is 4.30. The number of pyridine rings is 1. The molecule has 1 aromatic heterocycles. The highest BCUT2D eigenvalue weighted by atomic mass is 16.5. The molecule has 29 heavy (non-hydrogen) atoms. The van der Waals surface area contributed by atoms with Gasteiger partial charge in [0, 0.05) is 25.8 Å². The molecular formula is C25H28N2O2. The van der Waals surface area contributed by atoms with Crippen LogP contribution in [0.5, 0.6) is 5.75 Å². The minimum atomic E-state index is 0.0505. The number of nitrogens with zero attached hydrogens (tertiary/aromatic N) is 2. The Bertz CT molecular complexity index is 879. The third-order valence-electron chi connectivity index (χ3n) is 5.45. The summed E-state index contributed by atoms with van der Waals surface area (Å²) in [5.74, 6) is 0.883. The Kier molecular flexibility index (Phi) is 6.55. The van der Waals surface area contributed by atoms with Crippen molar-refractivity contribution in [1.82, 2.24) is 9.88 Å². The van der Waals surface area contributed by atoms with Gasteiger partial charge in [0.25, 0.3) is 0 Å². The average molecular weight is 389 g/mol. The molecule has 1 aliphatic rings. The Hall–Kier alpha value is -2.69. The molecule has 1 saturated heterocycles. The van der Waals surface area contributed by atoms with Gasteiger partial charge in [0.2, 0.25) is 0 Å². The maximum Gasteiger partial charge on any atom is 0.118 e. The van der Waals surface area contributed by atoms with E-state index in [2.05, 4.69) is 59.5 Å². The predicted molar refractivity (Wildman–Crippen MR) is 115 cm³/mol. The van der Waals surface area contributed by atoms with Crippen LogP contribution in [0.1, 0.15) is 28.5 Å². The topological polar surface area (TPSA) is 34.6 Å². The van der Waals surface area contributed by atoms with Gasteiger partial charge in [-0.15, -0.1) is 0 Å². The minimum absolute atomic E-state index is 0.0505. The van der Waals surface area contributed by atoms with Crippen molar-refractivity contribution in [3.05, 3.63) is 95.3 Å². The highest BCUT2D eigenvalue weighted by Crippen LogP contribution is 2.22. The molecule has 0 unspecified atom stereocenters. The molecule has 0 spiro atoms. The van der Waals surface area contributed by atoms with E-state index in [0.29, 0.717) is 0 Å². The van der Waals surface area contributed by atoms with Crippen LogP contribution in [-0.4, -0.2) is 43.2 Å². The van der Waals surface area contributed by atoms with Crippen molar-refractivity contribution in [3.63, 3.8) is 0 Å². The van der Waals surface area contributed by atoms with Gasteiger partial charge in [-0.1, -0.05) is 48.5 Å². The molecule has 0 saturated carbocycles. The molecule has 0 radical (unpaired) electrons. The van der Waals surface area contributed by atoms with Crippen LogP contribution < -0.4 is 4.74 Å². The number of morpholine rings is 1. The van der Waals surface area contributed by atoms with Gasteiger partial charge in [-0.25, -0.2) is 0 Å². The van der Waals surface area contributed by atoms with E-state index in [1.807, 2.05) is 18.3 Å². The molecule has 0 N–H and O–H groups in total. The summed E-state index contributed by atoms with van der Waals surface area (Å²) in [6.07, 6.45) is 3.97. The molecule has 4 heteroatoms. The van der Waals surface area contributed by atoms with Gasteiger partial charge in [-0.3, -0.25) is 9.88 Å². The molecule has 0 aliphatic carbocycles. The van der Waals surface area contributed by atoms with Gasteiger partial charge in [0.1, 0.15) is 11.9 Å². The minimum Gasteiger partial charge on any atom is -0.497 e. The number of benzene rings is 2. The molecular weight excluding hydrogens is 360 g/mol. The fourth-order valence-electron chi connectivity index (χ4n) is 3.73. The first-order chi connectivity index (χ1) is 14.3. The van der Waals surface area contributed by atoms with Crippen LogP contribution in [0.4, 0.5) is 0 Å². The Morgan fingerprint density at radius 2 is 1.76 bits per heavy atom. The van der Waals surface area contributed by atoms with Crippen LogP contribution in [0, 0.1) is 0 Å². The van der Waals surface area contributed by atoms with Crippen LogP contribution in [0.25, 0.3) is 0 Å². The Morgan fingerprint density at radius 1 is 0.966 bits per heavy atom. The van der Waals surface area contributed by atoms with Gasteiger partial charge >= 0.3 is 0 Å². The number of hydrogen-bond donors (Lipinski definition) is 0. The number of rotatable bonds is 7. The Labute approximate surface area is 173 Å². The molecule has 2 heterocycles. The van der Waals surface area contributed by atoms with Crippen molar-refractivity contribution < 1.29 is 9.47 Å². The van der Waals surface area contributed by atoms with E-state index in [1.165, 1.54) is 16.7 Å². The molecule has 1 fully saturated rings. The fraction of sp³-hybridized carbons (Fsp3) is 0.320. The average Bonchev–Trinajstić information content (AvgIpc) is 2.80. The first-order valence-electron chi connectivity index (χ1n) is 10.3. The molecule has 4 nitrogen and oxygen atoms in total. The normalized spacial score (nSPS) is 17.2. The molecule has 4 rings (SSSR count). The number of ether oxygens (including phenoxy) is 2. The molecule has 3 aromatic rings. The number of hydrogen-bond acceptors (Lipinski definition) is 4. The summed E-state index contributed by atoms with van der Waals surface area (Å²) >= 11 is 0. The van der Waals surface area contributed by atoms with E-state index in [-0.39, 0.29) is 6.10 Å². The van der Waals surface area contributed by atoms with Gasteiger partial charge in [-0.2, -0.15) is 0 Å². The monoisotopic (exact) mass is 388 g/mol. The standard InChI is InChI=1S/C25H28N2O2/c1-28-23-10-7-21(8-11-23)17-22-9-12-24(26-18-22)25-19-27(15-16-29-25)14-13-20-5-3-2-4-6-20/h2-12,18,25H,13-17,19H2,1H3/t25-/m1/s1. The van der Waals surface area contributed by atoms with E-state index < -0.39 is 0 Å². The summed E-state index contributed by atoms with van der Waals surface area (Å²) in [6.45, 7) is 3.70. The quantitative estimate of drug-likeness (QED) is 0.605. The molecule has 150 valence electrons. The van der Waals surface area contributed by atoms with Crippen molar-refractivity contribution in [3.8, 4) is 5.75 Å². The van der Waals surface area contributed by atoms with Crippen molar-refractivity contribution in [2.45, 2.75) is 18.9 Å². The fourth-order valence-corrected chi connectivity index (χ4v) is 3.73. The van der Waals surface area contributed by atoms with Crippen LogP contribution >= 0.6 is 0 Å². The van der Waals surface area contributed by atoms with Crippen LogP contribution in [0.15, 0.2) is 72.9 Å². The zero-order chi connectivity index (χ0) is 19.9. The summed E-state index contributed by atoms with van der Waals surface area (Å²) in [5, 5.41) is 0. The highest BCUT2D eigenvalue weighted by Gasteiger charge is 2.22. The maximum absolute atomic E-state index is 6.01. The molecule has 1 aliphatic heterocycles. The lowest BCUT2D eigenvalue weighted by Crippen LogP contribution is -2.39. The van der Waals surface area contributed by atoms with Crippen LogP contribution in [-0.2, 0) is 17.6 Å². The summed E-state index contributed by atoms with van der Waals surface area (Å²) in [6, 6.07) is 23.1. The third kappa shape index (κ3) is 5.43. The second-order valence-electron chi connectivity index (χ2n) is 7.51. The number of aromatic nitrogens is 1. The third-order valence-corrected chi connectivity index (χ3v) is 5.45. The Morgan fingerprint density at radius 3 is 2.48 bits per heavy atom. The molecule has 0 bridgehead atoms. The summed E-state index contributed by atoms with van der Waals surface area (Å²) in [5.41, 5.74) is 4.86. The molecule has 0 amide bonds. The van der Waals surface area contributed by atoms with Crippen molar-refractivity contribution in [1.29, 1.82) is 0 Å².